The molecule has 3 rings (SSSR count). The Labute approximate surface area is 208 Å². The summed E-state index contributed by atoms with van der Waals surface area (Å²) in [4.78, 5) is 23.7. The van der Waals surface area contributed by atoms with Crippen molar-refractivity contribution in [3.8, 4) is 5.75 Å². The van der Waals surface area contributed by atoms with Gasteiger partial charge in [0.25, 0.3) is 0 Å². The van der Waals surface area contributed by atoms with Crippen LogP contribution < -0.4 is 10.1 Å². The molecule has 9 heteroatoms. The van der Waals surface area contributed by atoms with Crippen LogP contribution in [0, 0.1) is 0 Å². The minimum absolute atomic E-state index is 0. The summed E-state index contributed by atoms with van der Waals surface area (Å²) in [7, 11) is 1.81. The molecule has 2 aliphatic rings. The number of hydrogen-bond acceptors (Lipinski definition) is 4. The quantitative estimate of drug-likeness (QED) is 0.328. The number of ether oxygens (including phenoxy) is 1. The van der Waals surface area contributed by atoms with Crippen molar-refractivity contribution in [1.29, 1.82) is 0 Å². The van der Waals surface area contributed by atoms with Crippen molar-refractivity contribution in [2.24, 2.45) is 4.99 Å². The summed E-state index contributed by atoms with van der Waals surface area (Å²) in [6.07, 6.45) is 2.26. The Morgan fingerprint density at radius 1 is 1.16 bits per heavy atom. The molecule has 0 spiro atoms. The number of nitrogens with one attached hydrogen (secondary N) is 1. The van der Waals surface area contributed by atoms with Crippen molar-refractivity contribution in [2.75, 3.05) is 52.9 Å². The molecule has 1 aromatic carbocycles. The van der Waals surface area contributed by atoms with E-state index in [4.69, 9.17) is 16.3 Å². The normalized spacial score (nSPS) is 18.5. The highest BCUT2D eigenvalue weighted by Crippen LogP contribution is 2.23. The Hall–Kier alpha value is -1.26. The molecule has 1 amide bonds. The third-order valence-electron chi connectivity index (χ3n) is 5.91. The highest BCUT2D eigenvalue weighted by atomic mass is 127. The van der Waals surface area contributed by atoms with E-state index in [9.17, 15) is 4.79 Å². The lowest BCUT2D eigenvalue weighted by molar-refractivity contribution is -0.135. The van der Waals surface area contributed by atoms with Gasteiger partial charge < -0.3 is 19.9 Å². The van der Waals surface area contributed by atoms with Gasteiger partial charge in [0.15, 0.2) is 5.96 Å². The predicted molar refractivity (Wildman–Crippen MR) is 137 cm³/mol. The van der Waals surface area contributed by atoms with Gasteiger partial charge in [-0.2, -0.15) is 0 Å². The maximum atomic E-state index is 12.7. The highest BCUT2D eigenvalue weighted by Gasteiger charge is 2.30. The molecular weight excluding hydrogens is 529 g/mol. The number of rotatable bonds is 6. The fourth-order valence-electron chi connectivity index (χ4n) is 4.15. The summed E-state index contributed by atoms with van der Waals surface area (Å²) in [5, 5.41) is 4.11. The third kappa shape index (κ3) is 6.86. The Bertz CT molecular complexity index is 749. The van der Waals surface area contributed by atoms with Crippen LogP contribution in [0.1, 0.15) is 32.3 Å². The molecule has 2 aliphatic heterocycles. The molecule has 2 saturated heterocycles. The Balaban J connectivity index is 0.00000341. The average molecular weight is 564 g/mol. The van der Waals surface area contributed by atoms with Crippen molar-refractivity contribution >= 4 is 47.4 Å². The molecule has 2 fully saturated rings. The molecule has 0 bridgehead atoms. The molecule has 174 valence electrons. The van der Waals surface area contributed by atoms with E-state index in [1.165, 1.54) is 0 Å². The van der Waals surface area contributed by atoms with Crippen LogP contribution in [0.3, 0.4) is 0 Å². The molecule has 1 N–H and O–H groups in total. The Morgan fingerprint density at radius 3 is 2.45 bits per heavy atom. The summed E-state index contributed by atoms with van der Waals surface area (Å²) in [6, 6.07) is 5.66. The second kappa shape index (κ2) is 12.7. The first-order chi connectivity index (χ1) is 14.5. The van der Waals surface area contributed by atoms with E-state index in [-0.39, 0.29) is 35.9 Å². The third-order valence-corrected chi connectivity index (χ3v) is 6.15. The number of piperazine rings is 1. The number of carbonyl (C=O) groups is 1. The lowest BCUT2D eigenvalue weighted by atomic mass is 10.2. The van der Waals surface area contributed by atoms with Crippen LogP contribution in [0.4, 0.5) is 0 Å². The number of halogens is 2. The standard InChI is InChI=1S/C22H34ClN5O2.HI/c1-4-30-20-15-19(23)8-7-18(20)16-25-22(24-3)28-13-11-26(12-14-28)17(2)21(29)27-9-5-6-10-27;/h7-8,15,17H,4-6,9-14,16H2,1-3H3,(H,24,25);1H. The van der Waals surface area contributed by atoms with Gasteiger partial charge in [0.1, 0.15) is 5.75 Å². The van der Waals surface area contributed by atoms with Crippen LogP contribution in [0.25, 0.3) is 0 Å². The first-order valence-electron chi connectivity index (χ1n) is 10.9. The molecule has 0 aromatic heterocycles. The summed E-state index contributed by atoms with van der Waals surface area (Å²) in [5.74, 6) is 1.94. The largest absolute Gasteiger partial charge is 0.493 e. The van der Waals surface area contributed by atoms with Gasteiger partial charge in [-0.25, -0.2) is 0 Å². The lowest BCUT2D eigenvalue weighted by Crippen LogP contribution is -2.57. The number of guanidine groups is 1. The van der Waals surface area contributed by atoms with Gasteiger partial charge >= 0.3 is 0 Å². The van der Waals surface area contributed by atoms with Gasteiger partial charge in [0.2, 0.25) is 5.91 Å². The molecule has 0 radical (unpaired) electrons. The molecule has 2 heterocycles. The predicted octanol–water partition coefficient (Wildman–Crippen LogP) is 3.06. The van der Waals surface area contributed by atoms with E-state index < -0.39 is 0 Å². The minimum atomic E-state index is -0.0527. The summed E-state index contributed by atoms with van der Waals surface area (Å²) in [6.45, 7) is 10.4. The molecule has 1 aromatic rings. The van der Waals surface area contributed by atoms with E-state index in [1.807, 2.05) is 36.9 Å². The summed E-state index contributed by atoms with van der Waals surface area (Å²) >= 11 is 6.10. The maximum absolute atomic E-state index is 12.7. The zero-order valence-electron chi connectivity index (χ0n) is 18.8. The van der Waals surface area contributed by atoms with Gasteiger partial charge in [-0.3, -0.25) is 14.7 Å². The Morgan fingerprint density at radius 2 is 1.84 bits per heavy atom. The second-order valence-corrected chi connectivity index (χ2v) is 8.25. The van der Waals surface area contributed by atoms with Crippen molar-refractivity contribution < 1.29 is 9.53 Å². The second-order valence-electron chi connectivity index (χ2n) is 7.82. The molecular formula is C22H35ClIN5O2. The van der Waals surface area contributed by atoms with Gasteiger partial charge in [0.05, 0.1) is 12.6 Å². The topological polar surface area (TPSA) is 60.4 Å². The van der Waals surface area contributed by atoms with Crippen molar-refractivity contribution in [3.05, 3.63) is 28.8 Å². The SMILES string of the molecule is CCOc1cc(Cl)ccc1CNC(=NC)N1CCN(C(C)C(=O)N2CCCC2)CC1.I. The van der Waals surface area contributed by atoms with Crippen molar-refractivity contribution in [3.63, 3.8) is 0 Å². The van der Waals surface area contributed by atoms with E-state index in [1.54, 1.807) is 7.05 Å². The van der Waals surface area contributed by atoms with Gasteiger partial charge in [-0.1, -0.05) is 17.7 Å². The zero-order valence-corrected chi connectivity index (χ0v) is 21.9. The summed E-state index contributed by atoms with van der Waals surface area (Å²) in [5.41, 5.74) is 1.05. The molecule has 0 saturated carbocycles. The number of amides is 1. The summed E-state index contributed by atoms with van der Waals surface area (Å²) < 4.78 is 5.71. The van der Waals surface area contributed by atoms with Gasteiger partial charge in [0, 0.05) is 63.4 Å². The van der Waals surface area contributed by atoms with Crippen LogP contribution in [0.2, 0.25) is 5.02 Å². The monoisotopic (exact) mass is 563 g/mol. The number of benzene rings is 1. The van der Waals surface area contributed by atoms with Crippen LogP contribution in [-0.2, 0) is 11.3 Å². The van der Waals surface area contributed by atoms with Gasteiger partial charge in [-0.05, 0) is 38.8 Å². The number of nitrogens with zero attached hydrogens (tertiary/aromatic N) is 4. The van der Waals surface area contributed by atoms with Gasteiger partial charge in [-0.15, -0.1) is 24.0 Å². The smallest absolute Gasteiger partial charge is 0.239 e. The van der Waals surface area contributed by atoms with E-state index in [2.05, 4.69) is 20.1 Å². The van der Waals surface area contributed by atoms with Crippen LogP contribution >= 0.6 is 35.6 Å². The maximum Gasteiger partial charge on any atom is 0.239 e. The van der Waals surface area contributed by atoms with E-state index in [0.717, 1.165) is 69.4 Å². The molecule has 7 nitrogen and oxygen atoms in total. The van der Waals surface area contributed by atoms with Crippen LogP contribution in [-0.4, -0.2) is 85.5 Å². The Kier molecular flexibility index (Phi) is 10.6. The molecule has 0 aliphatic carbocycles. The van der Waals surface area contributed by atoms with Crippen molar-refractivity contribution in [2.45, 2.75) is 39.3 Å². The zero-order chi connectivity index (χ0) is 21.5. The van der Waals surface area contributed by atoms with Crippen LogP contribution in [0.15, 0.2) is 23.2 Å². The molecule has 1 unspecified atom stereocenters. The number of carbonyl (C=O) groups excluding carboxylic acids is 1. The molecule has 1 atom stereocenters. The lowest BCUT2D eigenvalue weighted by Gasteiger charge is -2.39. The average Bonchev–Trinajstić information content (AvgIpc) is 3.30. The highest BCUT2D eigenvalue weighted by molar-refractivity contribution is 14.0. The van der Waals surface area contributed by atoms with E-state index >= 15 is 0 Å². The van der Waals surface area contributed by atoms with Crippen LogP contribution in [0.5, 0.6) is 5.75 Å². The fraction of sp³-hybridized carbons (Fsp3) is 0.636. The minimum Gasteiger partial charge on any atom is -0.493 e. The number of hydrogen-bond donors (Lipinski definition) is 1. The molecule has 31 heavy (non-hydrogen) atoms. The number of aliphatic imine (C=N–C) groups is 1. The fourth-order valence-corrected chi connectivity index (χ4v) is 4.31. The van der Waals surface area contributed by atoms with E-state index in [0.29, 0.717) is 18.2 Å². The first-order valence-corrected chi connectivity index (χ1v) is 11.3. The van der Waals surface area contributed by atoms with Crippen molar-refractivity contribution in [1.82, 2.24) is 20.0 Å². The number of likely N-dealkylation sites (tertiary alicyclic amines) is 1. The first kappa shape index (κ1) is 26.0.